The van der Waals surface area contributed by atoms with E-state index in [-0.39, 0.29) is 11.4 Å². The van der Waals surface area contributed by atoms with Crippen LogP contribution in [0.5, 0.6) is 0 Å². The SMILES string of the molecule is CCC(C)(C)NC(=O)c1sc2nc(C(C)C)ccc2c1N. The molecule has 0 aromatic carbocycles. The molecule has 114 valence electrons. The number of pyridine rings is 1. The molecule has 0 aliphatic heterocycles. The average Bonchev–Trinajstić information content (AvgIpc) is 2.75. The Morgan fingerprint density at radius 1 is 1.43 bits per heavy atom. The van der Waals surface area contributed by atoms with E-state index < -0.39 is 0 Å². The van der Waals surface area contributed by atoms with Crippen molar-refractivity contribution in [1.29, 1.82) is 0 Å². The average molecular weight is 305 g/mol. The van der Waals surface area contributed by atoms with Crippen LogP contribution in [0.4, 0.5) is 5.69 Å². The molecule has 0 radical (unpaired) electrons. The molecule has 0 aliphatic carbocycles. The minimum Gasteiger partial charge on any atom is -0.397 e. The summed E-state index contributed by atoms with van der Waals surface area (Å²) in [7, 11) is 0. The van der Waals surface area contributed by atoms with Crippen LogP contribution < -0.4 is 11.1 Å². The number of rotatable bonds is 4. The second-order valence-corrected chi connectivity index (χ2v) is 7.28. The molecule has 0 saturated carbocycles. The number of nitrogens with one attached hydrogen (secondary N) is 1. The summed E-state index contributed by atoms with van der Waals surface area (Å²) in [6.45, 7) is 10.3. The minimum absolute atomic E-state index is 0.117. The zero-order valence-electron chi connectivity index (χ0n) is 13.3. The van der Waals surface area contributed by atoms with Gasteiger partial charge < -0.3 is 11.1 Å². The second-order valence-electron chi connectivity index (χ2n) is 6.28. The topological polar surface area (TPSA) is 68.0 Å². The third-order valence-corrected chi connectivity index (χ3v) is 4.86. The fraction of sp³-hybridized carbons (Fsp3) is 0.500. The van der Waals surface area contributed by atoms with E-state index in [1.165, 1.54) is 11.3 Å². The number of fused-ring (bicyclic) bond motifs is 1. The van der Waals surface area contributed by atoms with Crippen molar-refractivity contribution in [1.82, 2.24) is 10.3 Å². The van der Waals surface area contributed by atoms with Crippen molar-refractivity contribution in [2.24, 2.45) is 0 Å². The van der Waals surface area contributed by atoms with Crippen LogP contribution in [0.25, 0.3) is 10.2 Å². The molecule has 2 heterocycles. The number of hydrogen-bond acceptors (Lipinski definition) is 4. The molecular weight excluding hydrogens is 282 g/mol. The van der Waals surface area contributed by atoms with Crippen LogP contribution in [0, 0.1) is 0 Å². The van der Waals surface area contributed by atoms with E-state index in [0.29, 0.717) is 16.5 Å². The third kappa shape index (κ3) is 3.18. The van der Waals surface area contributed by atoms with Crippen LogP contribution in [-0.2, 0) is 0 Å². The molecule has 0 atom stereocenters. The van der Waals surface area contributed by atoms with Gasteiger partial charge in [0, 0.05) is 16.6 Å². The van der Waals surface area contributed by atoms with Crippen molar-refractivity contribution >= 4 is 33.1 Å². The Balaban J connectivity index is 2.41. The van der Waals surface area contributed by atoms with Crippen molar-refractivity contribution < 1.29 is 4.79 Å². The molecule has 1 amide bonds. The highest BCUT2D eigenvalue weighted by Gasteiger charge is 2.23. The number of thiophene rings is 1. The van der Waals surface area contributed by atoms with E-state index in [9.17, 15) is 4.79 Å². The summed E-state index contributed by atoms with van der Waals surface area (Å²) in [4.78, 5) is 18.4. The summed E-state index contributed by atoms with van der Waals surface area (Å²) in [5, 5.41) is 3.89. The fourth-order valence-electron chi connectivity index (χ4n) is 1.95. The number of anilines is 1. The summed E-state index contributed by atoms with van der Waals surface area (Å²) >= 11 is 1.37. The number of carbonyl (C=O) groups excluding carboxylic acids is 1. The number of nitrogens with zero attached hydrogens (tertiary/aromatic N) is 1. The van der Waals surface area contributed by atoms with E-state index >= 15 is 0 Å². The first-order valence-electron chi connectivity index (χ1n) is 7.26. The van der Waals surface area contributed by atoms with E-state index in [0.717, 1.165) is 22.3 Å². The standard InChI is InChI=1S/C16H23N3OS/c1-6-16(4,5)19-14(20)13-12(17)10-7-8-11(9(2)3)18-15(10)21-13/h7-9H,6,17H2,1-5H3,(H,19,20). The van der Waals surface area contributed by atoms with Gasteiger partial charge >= 0.3 is 0 Å². The third-order valence-electron chi connectivity index (χ3n) is 3.75. The summed E-state index contributed by atoms with van der Waals surface area (Å²) < 4.78 is 0. The van der Waals surface area contributed by atoms with Gasteiger partial charge in [0.25, 0.3) is 5.91 Å². The lowest BCUT2D eigenvalue weighted by Crippen LogP contribution is -2.42. The lowest BCUT2D eigenvalue weighted by molar-refractivity contribution is 0.0916. The predicted molar refractivity (Wildman–Crippen MR) is 90.0 cm³/mol. The smallest absolute Gasteiger partial charge is 0.263 e. The van der Waals surface area contributed by atoms with Crippen LogP contribution in [0.3, 0.4) is 0 Å². The molecule has 5 heteroatoms. The van der Waals surface area contributed by atoms with E-state index in [4.69, 9.17) is 5.73 Å². The van der Waals surface area contributed by atoms with Gasteiger partial charge in [0.05, 0.1) is 5.69 Å². The number of amides is 1. The van der Waals surface area contributed by atoms with Crippen LogP contribution in [0.15, 0.2) is 12.1 Å². The fourth-order valence-corrected chi connectivity index (χ4v) is 2.95. The Kier molecular flexibility index (Phi) is 4.23. The molecule has 2 aromatic rings. The largest absolute Gasteiger partial charge is 0.397 e. The number of carbonyl (C=O) groups is 1. The maximum absolute atomic E-state index is 12.4. The number of aromatic nitrogens is 1. The Morgan fingerprint density at radius 2 is 2.10 bits per heavy atom. The highest BCUT2D eigenvalue weighted by atomic mass is 32.1. The minimum atomic E-state index is -0.240. The van der Waals surface area contributed by atoms with E-state index in [2.05, 4.69) is 24.1 Å². The van der Waals surface area contributed by atoms with Crippen LogP contribution in [0.2, 0.25) is 0 Å². The summed E-state index contributed by atoms with van der Waals surface area (Å²) in [6, 6.07) is 3.94. The normalized spacial score (nSPS) is 12.1. The number of nitrogens with two attached hydrogens (primary N) is 1. The summed E-state index contributed by atoms with van der Waals surface area (Å²) in [5.74, 6) is 0.238. The molecule has 0 fully saturated rings. The second kappa shape index (κ2) is 5.64. The number of nitrogen functional groups attached to an aromatic ring is 1. The Bertz CT molecular complexity index is 673. The van der Waals surface area contributed by atoms with E-state index in [1.54, 1.807) is 0 Å². The molecule has 0 saturated heterocycles. The summed E-state index contributed by atoms with van der Waals surface area (Å²) in [6.07, 6.45) is 0.860. The van der Waals surface area contributed by atoms with Crippen molar-refractivity contribution in [2.75, 3.05) is 5.73 Å². The van der Waals surface area contributed by atoms with Crippen molar-refractivity contribution in [3.63, 3.8) is 0 Å². The molecule has 0 bridgehead atoms. The quantitative estimate of drug-likeness (QED) is 0.899. The molecular formula is C16H23N3OS. The zero-order chi connectivity index (χ0) is 15.8. The molecule has 2 rings (SSSR count). The van der Waals surface area contributed by atoms with Crippen LogP contribution in [0.1, 0.15) is 62.3 Å². The summed E-state index contributed by atoms with van der Waals surface area (Å²) in [5.41, 5.74) is 7.44. The highest BCUT2D eigenvalue weighted by Crippen LogP contribution is 2.33. The van der Waals surface area contributed by atoms with Gasteiger partial charge in [0.15, 0.2) is 0 Å². The van der Waals surface area contributed by atoms with Gasteiger partial charge in [-0.3, -0.25) is 4.79 Å². The Hall–Kier alpha value is -1.62. The Morgan fingerprint density at radius 3 is 2.67 bits per heavy atom. The van der Waals surface area contributed by atoms with Crippen LogP contribution >= 0.6 is 11.3 Å². The van der Waals surface area contributed by atoms with Crippen molar-refractivity contribution in [3.05, 3.63) is 22.7 Å². The first kappa shape index (κ1) is 15.8. The lowest BCUT2D eigenvalue weighted by Gasteiger charge is -2.24. The first-order valence-corrected chi connectivity index (χ1v) is 8.08. The van der Waals surface area contributed by atoms with Gasteiger partial charge in [0.1, 0.15) is 9.71 Å². The maximum Gasteiger partial charge on any atom is 0.263 e. The van der Waals surface area contributed by atoms with Gasteiger partial charge in [0.2, 0.25) is 0 Å². The predicted octanol–water partition coefficient (Wildman–Crippen LogP) is 3.92. The van der Waals surface area contributed by atoms with Crippen molar-refractivity contribution in [3.8, 4) is 0 Å². The van der Waals surface area contributed by atoms with Gasteiger partial charge in [-0.15, -0.1) is 11.3 Å². The van der Waals surface area contributed by atoms with Crippen LogP contribution in [-0.4, -0.2) is 16.4 Å². The molecule has 0 spiro atoms. The molecule has 3 N–H and O–H groups in total. The van der Waals surface area contributed by atoms with Gasteiger partial charge in [-0.25, -0.2) is 4.98 Å². The van der Waals surface area contributed by atoms with Gasteiger partial charge in [-0.05, 0) is 38.3 Å². The molecule has 0 unspecified atom stereocenters. The van der Waals surface area contributed by atoms with E-state index in [1.807, 2.05) is 32.9 Å². The first-order chi connectivity index (χ1) is 9.75. The zero-order valence-corrected chi connectivity index (χ0v) is 14.1. The lowest BCUT2D eigenvalue weighted by atomic mass is 10.0. The monoisotopic (exact) mass is 305 g/mol. The van der Waals surface area contributed by atoms with Gasteiger partial charge in [-0.2, -0.15) is 0 Å². The molecule has 2 aromatic heterocycles. The number of hydrogen-bond donors (Lipinski definition) is 2. The molecule has 4 nitrogen and oxygen atoms in total. The molecule has 0 aliphatic rings. The van der Waals surface area contributed by atoms with Gasteiger partial charge in [-0.1, -0.05) is 20.8 Å². The van der Waals surface area contributed by atoms with Crippen molar-refractivity contribution in [2.45, 2.75) is 52.5 Å². The maximum atomic E-state index is 12.4. The highest BCUT2D eigenvalue weighted by molar-refractivity contribution is 7.21. The Labute approximate surface area is 129 Å². The molecule has 21 heavy (non-hydrogen) atoms.